The summed E-state index contributed by atoms with van der Waals surface area (Å²) >= 11 is 7.42. The van der Waals surface area contributed by atoms with Crippen LogP contribution in [0.4, 0.5) is 0 Å². The highest BCUT2D eigenvalue weighted by molar-refractivity contribution is 7.99. The Morgan fingerprint density at radius 2 is 1.90 bits per heavy atom. The van der Waals surface area contributed by atoms with Crippen molar-refractivity contribution in [3.8, 4) is 5.75 Å². The standard InChI is InChI=1S/C22H25ClN2O4S/c1-22(2,3)29-21(27)13-28-19-9-7-16(8-10-19)12-24-25-20(26)15-30-14-17-5-4-6-18(23)11-17/h4-12H,13-15H2,1-3H3,(H,25,26)/b24-12+. The van der Waals surface area contributed by atoms with Gasteiger partial charge in [0.05, 0.1) is 12.0 Å². The normalized spacial score (nSPS) is 11.3. The fourth-order valence-corrected chi connectivity index (χ4v) is 3.24. The maximum atomic E-state index is 11.9. The van der Waals surface area contributed by atoms with Crippen LogP contribution in [0.1, 0.15) is 31.9 Å². The fourth-order valence-electron chi connectivity index (χ4n) is 2.26. The van der Waals surface area contributed by atoms with Gasteiger partial charge >= 0.3 is 5.97 Å². The number of esters is 1. The first-order chi connectivity index (χ1) is 14.2. The van der Waals surface area contributed by atoms with Gasteiger partial charge in [-0.25, -0.2) is 10.2 Å². The molecular formula is C22H25ClN2O4S. The molecule has 1 amide bonds. The number of carbonyl (C=O) groups is 2. The number of nitrogens with one attached hydrogen (secondary N) is 1. The highest BCUT2D eigenvalue weighted by Gasteiger charge is 2.16. The lowest BCUT2D eigenvalue weighted by Crippen LogP contribution is -2.27. The first-order valence-corrected chi connectivity index (χ1v) is 10.8. The van der Waals surface area contributed by atoms with Gasteiger partial charge in [-0.1, -0.05) is 23.7 Å². The number of benzene rings is 2. The van der Waals surface area contributed by atoms with Crippen molar-refractivity contribution in [2.24, 2.45) is 5.10 Å². The number of rotatable bonds is 9. The molecule has 0 radical (unpaired) electrons. The third-order valence-corrected chi connectivity index (χ3v) is 4.69. The summed E-state index contributed by atoms with van der Waals surface area (Å²) in [5.74, 6) is 0.920. The molecule has 0 atom stereocenters. The fraction of sp³-hybridized carbons (Fsp3) is 0.318. The second-order valence-corrected chi connectivity index (χ2v) is 8.78. The van der Waals surface area contributed by atoms with Gasteiger partial charge < -0.3 is 9.47 Å². The Kier molecular flexibility index (Phi) is 9.20. The molecule has 0 aliphatic heterocycles. The number of nitrogens with zero attached hydrogens (tertiary/aromatic N) is 1. The summed E-state index contributed by atoms with van der Waals surface area (Å²) in [4.78, 5) is 23.5. The van der Waals surface area contributed by atoms with E-state index in [1.165, 1.54) is 18.0 Å². The summed E-state index contributed by atoms with van der Waals surface area (Å²) < 4.78 is 10.6. The number of hydrazone groups is 1. The molecule has 2 aromatic carbocycles. The summed E-state index contributed by atoms with van der Waals surface area (Å²) in [6.07, 6.45) is 1.54. The van der Waals surface area contributed by atoms with Gasteiger partial charge in [0, 0.05) is 10.8 Å². The largest absolute Gasteiger partial charge is 0.482 e. The van der Waals surface area contributed by atoms with Crippen LogP contribution in [0.5, 0.6) is 5.75 Å². The number of ether oxygens (including phenoxy) is 2. The van der Waals surface area contributed by atoms with Gasteiger partial charge in [0.1, 0.15) is 11.4 Å². The van der Waals surface area contributed by atoms with Crippen LogP contribution in [-0.2, 0) is 20.1 Å². The zero-order valence-corrected chi connectivity index (χ0v) is 18.8. The molecule has 0 saturated heterocycles. The molecule has 0 bridgehead atoms. The quantitative estimate of drug-likeness (QED) is 0.348. The van der Waals surface area contributed by atoms with E-state index >= 15 is 0 Å². The van der Waals surface area contributed by atoms with Gasteiger partial charge in [-0.2, -0.15) is 5.10 Å². The van der Waals surface area contributed by atoms with E-state index in [1.54, 1.807) is 45.0 Å². The molecule has 0 aromatic heterocycles. The van der Waals surface area contributed by atoms with Crippen LogP contribution in [-0.4, -0.2) is 36.1 Å². The predicted molar refractivity (Wildman–Crippen MR) is 121 cm³/mol. The van der Waals surface area contributed by atoms with Crippen molar-refractivity contribution >= 4 is 41.5 Å². The summed E-state index contributed by atoms with van der Waals surface area (Å²) in [5, 5.41) is 4.64. The summed E-state index contributed by atoms with van der Waals surface area (Å²) in [5.41, 5.74) is 3.80. The summed E-state index contributed by atoms with van der Waals surface area (Å²) in [6.45, 7) is 5.25. The molecule has 0 aliphatic rings. The van der Waals surface area contributed by atoms with Gasteiger partial charge in [0.2, 0.25) is 5.91 Å². The van der Waals surface area contributed by atoms with Crippen LogP contribution >= 0.6 is 23.4 Å². The van der Waals surface area contributed by atoms with E-state index in [-0.39, 0.29) is 12.5 Å². The topological polar surface area (TPSA) is 77.0 Å². The number of hydrogen-bond acceptors (Lipinski definition) is 6. The Morgan fingerprint density at radius 1 is 1.17 bits per heavy atom. The van der Waals surface area contributed by atoms with Crippen molar-refractivity contribution in [1.29, 1.82) is 0 Å². The van der Waals surface area contributed by atoms with Crippen LogP contribution in [0.3, 0.4) is 0 Å². The van der Waals surface area contributed by atoms with Crippen molar-refractivity contribution in [1.82, 2.24) is 5.43 Å². The molecule has 160 valence electrons. The van der Waals surface area contributed by atoms with Gasteiger partial charge in [0.15, 0.2) is 6.61 Å². The number of amides is 1. The van der Waals surface area contributed by atoms with Crippen molar-refractivity contribution in [2.45, 2.75) is 32.1 Å². The first-order valence-electron chi connectivity index (χ1n) is 9.30. The first kappa shape index (κ1) is 23.8. The minimum absolute atomic E-state index is 0.159. The van der Waals surface area contributed by atoms with E-state index in [2.05, 4.69) is 10.5 Å². The molecular weight excluding hydrogens is 424 g/mol. The van der Waals surface area contributed by atoms with E-state index in [9.17, 15) is 9.59 Å². The Balaban J connectivity index is 1.69. The van der Waals surface area contributed by atoms with Crippen LogP contribution in [0.2, 0.25) is 5.02 Å². The molecule has 6 nitrogen and oxygen atoms in total. The second kappa shape index (κ2) is 11.6. The molecule has 1 N–H and O–H groups in total. The van der Waals surface area contributed by atoms with Gasteiger partial charge in [-0.15, -0.1) is 11.8 Å². The minimum Gasteiger partial charge on any atom is -0.482 e. The van der Waals surface area contributed by atoms with Gasteiger partial charge in [-0.05, 0) is 68.3 Å². The van der Waals surface area contributed by atoms with Crippen LogP contribution < -0.4 is 10.2 Å². The minimum atomic E-state index is -0.543. The van der Waals surface area contributed by atoms with Crippen molar-refractivity contribution in [3.63, 3.8) is 0 Å². The van der Waals surface area contributed by atoms with Crippen LogP contribution in [0.25, 0.3) is 0 Å². The zero-order valence-electron chi connectivity index (χ0n) is 17.2. The second-order valence-electron chi connectivity index (χ2n) is 7.36. The van der Waals surface area contributed by atoms with Crippen LogP contribution in [0.15, 0.2) is 53.6 Å². The highest BCUT2D eigenvalue weighted by atomic mass is 35.5. The third-order valence-electron chi connectivity index (χ3n) is 3.45. The lowest BCUT2D eigenvalue weighted by molar-refractivity contribution is -0.157. The van der Waals surface area contributed by atoms with E-state index in [4.69, 9.17) is 21.1 Å². The molecule has 2 aromatic rings. The molecule has 30 heavy (non-hydrogen) atoms. The molecule has 0 fully saturated rings. The van der Waals surface area contributed by atoms with Crippen molar-refractivity contribution in [3.05, 3.63) is 64.7 Å². The smallest absolute Gasteiger partial charge is 0.344 e. The van der Waals surface area contributed by atoms with E-state index in [0.717, 1.165) is 11.1 Å². The lowest BCUT2D eigenvalue weighted by Gasteiger charge is -2.19. The molecule has 0 saturated carbocycles. The zero-order chi connectivity index (χ0) is 22.0. The molecule has 0 heterocycles. The number of halogens is 1. The van der Waals surface area contributed by atoms with Gasteiger partial charge in [-0.3, -0.25) is 4.79 Å². The molecule has 2 rings (SSSR count). The Bertz CT molecular complexity index is 879. The Labute approximate surface area is 186 Å². The van der Waals surface area contributed by atoms with E-state index in [1.807, 2.05) is 24.3 Å². The maximum absolute atomic E-state index is 11.9. The van der Waals surface area contributed by atoms with E-state index in [0.29, 0.717) is 22.3 Å². The molecule has 0 aliphatic carbocycles. The average molecular weight is 449 g/mol. The summed E-state index contributed by atoms with van der Waals surface area (Å²) in [6, 6.07) is 14.5. The lowest BCUT2D eigenvalue weighted by atomic mass is 10.2. The number of thioether (sulfide) groups is 1. The average Bonchev–Trinajstić information content (AvgIpc) is 2.66. The summed E-state index contributed by atoms with van der Waals surface area (Å²) in [7, 11) is 0. The highest BCUT2D eigenvalue weighted by Crippen LogP contribution is 2.16. The van der Waals surface area contributed by atoms with Crippen molar-refractivity contribution in [2.75, 3.05) is 12.4 Å². The third kappa shape index (κ3) is 9.80. The Morgan fingerprint density at radius 3 is 2.57 bits per heavy atom. The maximum Gasteiger partial charge on any atom is 0.344 e. The molecule has 0 unspecified atom stereocenters. The molecule has 0 spiro atoms. The monoisotopic (exact) mass is 448 g/mol. The predicted octanol–water partition coefficient (Wildman–Crippen LogP) is 4.44. The van der Waals surface area contributed by atoms with Crippen LogP contribution in [0, 0.1) is 0 Å². The molecule has 8 heteroatoms. The van der Waals surface area contributed by atoms with E-state index < -0.39 is 11.6 Å². The Hall–Kier alpha value is -2.51. The van der Waals surface area contributed by atoms with Crippen molar-refractivity contribution < 1.29 is 19.1 Å². The number of carbonyl (C=O) groups excluding carboxylic acids is 2. The number of hydrogen-bond donors (Lipinski definition) is 1. The van der Waals surface area contributed by atoms with Gasteiger partial charge in [0.25, 0.3) is 0 Å². The SMILES string of the molecule is CC(C)(C)OC(=O)COc1ccc(/C=N/NC(=O)CSCc2cccc(Cl)c2)cc1.